The highest BCUT2D eigenvalue weighted by molar-refractivity contribution is 7.99. The first kappa shape index (κ1) is 16.7. The van der Waals surface area contributed by atoms with E-state index in [0.717, 1.165) is 5.56 Å². The van der Waals surface area contributed by atoms with Crippen molar-refractivity contribution in [1.82, 2.24) is 15.2 Å². The molecule has 0 aliphatic carbocycles. The van der Waals surface area contributed by atoms with Crippen molar-refractivity contribution >= 4 is 35.0 Å². The quantitative estimate of drug-likeness (QED) is 0.649. The van der Waals surface area contributed by atoms with Crippen LogP contribution >= 0.6 is 23.4 Å². The molecule has 1 amide bonds. The molecular weight excluding hydrogens is 376 g/mol. The number of thioether (sulfide) groups is 1. The van der Waals surface area contributed by atoms with Gasteiger partial charge in [-0.3, -0.25) is 9.89 Å². The number of H-pyrrole nitrogens is 1. The monoisotopic (exact) mass is 388 g/mol. The largest absolute Gasteiger partial charge is 0.454 e. The van der Waals surface area contributed by atoms with Gasteiger partial charge in [-0.25, -0.2) is 4.98 Å². The first-order chi connectivity index (χ1) is 12.7. The molecule has 1 aromatic heterocycles. The molecule has 2 N–H and O–H groups in total. The van der Waals surface area contributed by atoms with Crippen LogP contribution in [0.4, 0.5) is 5.69 Å². The van der Waals surface area contributed by atoms with Gasteiger partial charge in [0.25, 0.3) is 0 Å². The highest BCUT2D eigenvalue weighted by Gasteiger charge is 2.14. The van der Waals surface area contributed by atoms with E-state index in [2.05, 4.69) is 20.5 Å². The van der Waals surface area contributed by atoms with Gasteiger partial charge in [0.2, 0.25) is 17.9 Å². The minimum absolute atomic E-state index is 0.160. The fraction of sp³-hybridized carbons (Fsp3) is 0.118. The summed E-state index contributed by atoms with van der Waals surface area (Å²) in [6.45, 7) is 0.198. The second-order valence-corrected chi connectivity index (χ2v) is 6.76. The molecule has 0 saturated carbocycles. The van der Waals surface area contributed by atoms with Gasteiger partial charge in [0.1, 0.15) is 0 Å². The molecule has 1 aliphatic rings. The maximum atomic E-state index is 12.1. The molecule has 4 rings (SSSR count). The van der Waals surface area contributed by atoms with Crippen LogP contribution in [0.25, 0.3) is 11.4 Å². The van der Waals surface area contributed by atoms with Gasteiger partial charge in [-0.05, 0) is 36.4 Å². The Bertz CT molecular complexity index is 945. The van der Waals surface area contributed by atoms with E-state index in [1.54, 1.807) is 30.3 Å². The standard InChI is InChI=1S/C17H13ClN4O3S/c18-11-3-1-10(2-4-11)16-20-17(22-21-16)26-8-15(23)19-12-5-6-13-14(7-12)25-9-24-13/h1-7H,8-9H2,(H,19,23)(H,20,21,22). The lowest BCUT2D eigenvalue weighted by atomic mass is 10.2. The van der Waals surface area contributed by atoms with E-state index < -0.39 is 0 Å². The molecule has 1 aliphatic heterocycles. The third-order valence-corrected chi connectivity index (χ3v) is 4.67. The number of nitrogens with zero attached hydrogens (tertiary/aromatic N) is 2. The van der Waals surface area contributed by atoms with E-state index in [0.29, 0.717) is 33.2 Å². The topological polar surface area (TPSA) is 89.1 Å². The first-order valence-corrected chi connectivity index (χ1v) is 9.04. The van der Waals surface area contributed by atoms with Crippen LogP contribution in [0.1, 0.15) is 0 Å². The van der Waals surface area contributed by atoms with E-state index in [1.165, 1.54) is 11.8 Å². The molecule has 2 heterocycles. The lowest BCUT2D eigenvalue weighted by Gasteiger charge is -2.05. The Labute approximate surface area is 158 Å². The summed E-state index contributed by atoms with van der Waals surface area (Å²) in [6.07, 6.45) is 0. The van der Waals surface area contributed by atoms with Crippen molar-refractivity contribution in [3.05, 3.63) is 47.5 Å². The Morgan fingerprint density at radius 1 is 1.19 bits per heavy atom. The Balaban J connectivity index is 1.34. The highest BCUT2D eigenvalue weighted by atomic mass is 35.5. The van der Waals surface area contributed by atoms with E-state index in [4.69, 9.17) is 21.1 Å². The highest BCUT2D eigenvalue weighted by Crippen LogP contribution is 2.34. The van der Waals surface area contributed by atoms with Gasteiger partial charge in [-0.2, -0.15) is 0 Å². The number of benzene rings is 2. The third kappa shape index (κ3) is 3.76. The lowest BCUT2D eigenvalue weighted by molar-refractivity contribution is -0.113. The first-order valence-electron chi connectivity index (χ1n) is 7.68. The maximum absolute atomic E-state index is 12.1. The second kappa shape index (κ2) is 7.27. The molecule has 2 aromatic carbocycles. The Morgan fingerprint density at radius 2 is 2.00 bits per heavy atom. The summed E-state index contributed by atoms with van der Waals surface area (Å²) in [5.74, 6) is 1.95. The predicted octanol–water partition coefficient (Wildman–Crippen LogP) is 3.58. The minimum atomic E-state index is -0.160. The lowest BCUT2D eigenvalue weighted by Crippen LogP contribution is -2.14. The van der Waals surface area contributed by atoms with Crippen LogP contribution in [-0.4, -0.2) is 33.6 Å². The number of halogens is 1. The molecular formula is C17H13ClN4O3S. The molecule has 132 valence electrons. The van der Waals surface area contributed by atoms with Crippen molar-refractivity contribution < 1.29 is 14.3 Å². The van der Waals surface area contributed by atoms with Gasteiger partial charge in [-0.15, -0.1) is 5.10 Å². The van der Waals surface area contributed by atoms with Crippen molar-refractivity contribution in [2.45, 2.75) is 5.16 Å². The summed E-state index contributed by atoms with van der Waals surface area (Å²) in [7, 11) is 0. The molecule has 3 aromatic rings. The Hall–Kier alpha value is -2.71. The molecule has 0 unspecified atom stereocenters. The van der Waals surface area contributed by atoms with Gasteiger partial charge < -0.3 is 14.8 Å². The molecule has 0 fully saturated rings. The van der Waals surface area contributed by atoms with Gasteiger partial charge in [-0.1, -0.05) is 23.4 Å². The summed E-state index contributed by atoms with van der Waals surface area (Å²) in [4.78, 5) is 16.5. The molecule has 0 bridgehead atoms. The van der Waals surface area contributed by atoms with Crippen LogP contribution in [0.5, 0.6) is 11.5 Å². The van der Waals surface area contributed by atoms with Crippen molar-refractivity contribution in [2.24, 2.45) is 0 Å². The maximum Gasteiger partial charge on any atom is 0.234 e. The minimum Gasteiger partial charge on any atom is -0.454 e. The summed E-state index contributed by atoms with van der Waals surface area (Å²) >= 11 is 7.12. The molecule has 0 saturated heterocycles. The van der Waals surface area contributed by atoms with Gasteiger partial charge in [0, 0.05) is 22.3 Å². The number of aromatic amines is 1. The molecule has 0 spiro atoms. The SMILES string of the molecule is O=C(CSc1n[nH]c(-c2ccc(Cl)cc2)n1)Nc1ccc2c(c1)OCO2. The van der Waals surface area contributed by atoms with Crippen LogP contribution in [-0.2, 0) is 4.79 Å². The predicted molar refractivity (Wildman–Crippen MR) is 98.7 cm³/mol. The fourth-order valence-corrected chi connectivity index (χ4v) is 3.07. The average Bonchev–Trinajstić information content (AvgIpc) is 3.29. The number of nitrogens with one attached hydrogen (secondary N) is 2. The number of ether oxygens (including phenoxy) is 2. The van der Waals surface area contributed by atoms with Gasteiger partial charge in [0.15, 0.2) is 17.3 Å². The van der Waals surface area contributed by atoms with Crippen molar-refractivity contribution in [3.63, 3.8) is 0 Å². The number of amides is 1. The van der Waals surface area contributed by atoms with Gasteiger partial charge in [0.05, 0.1) is 5.75 Å². The average molecular weight is 389 g/mol. The Kier molecular flexibility index (Phi) is 4.68. The summed E-state index contributed by atoms with van der Waals surface area (Å²) in [5.41, 5.74) is 1.52. The van der Waals surface area contributed by atoms with E-state index in [9.17, 15) is 4.79 Å². The van der Waals surface area contributed by atoms with E-state index in [1.807, 2.05) is 12.1 Å². The van der Waals surface area contributed by atoms with Crippen LogP contribution in [0.3, 0.4) is 0 Å². The number of carbonyl (C=O) groups excluding carboxylic acids is 1. The zero-order valence-corrected chi connectivity index (χ0v) is 14.9. The number of anilines is 1. The summed E-state index contributed by atoms with van der Waals surface area (Å²) < 4.78 is 10.5. The Morgan fingerprint density at radius 3 is 2.85 bits per heavy atom. The van der Waals surface area contributed by atoms with Crippen LogP contribution < -0.4 is 14.8 Å². The van der Waals surface area contributed by atoms with Crippen LogP contribution in [0, 0.1) is 0 Å². The normalized spacial score (nSPS) is 12.2. The van der Waals surface area contributed by atoms with E-state index in [-0.39, 0.29) is 18.5 Å². The number of hydrogen-bond donors (Lipinski definition) is 2. The molecule has 26 heavy (non-hydrogen) atoms. The van der Waals surface area contributed by atoms with Crippen molar-refractivity contribution in [3.8, 4) is 22.9 Å². The molecule has 0 radical (unpaired) electrons. The summed E-state index contributed by atoms with van der Waals surface area (Å²) in [5, 5.41) is 10.9. The van der Waals surface area contributed by atoms with Crippen molar-refractivity contribution in [1.29, 1.82) is 0 Å². The number of carbonyl (C=O) groups is 1. The van der Waals surface area contributed by atoms with E-state index >= 15 is 0 Å². The third-order valence-electron chi connectivity index (χ3n) is 3.57. The second-order valence-electron chi connectivity index (χ2n) is 5.38. The number of rotatable bonds is 5. The molecule has 0 atom stereocenters. The zero-order chi connectivity index (χ0) is 17.9. The summed E-state index contributed by atoms with van der Waals surface area (Å²) in [6, 6.07) is 12.5. The van der Waals surface area contributed by atoms with Crippen molar-refractivity contribution in [2.75, 3.05) is 17.9 Å². The fourth-order valence-electron chi connectivity index (χ4n) is 2.35. The van der Waals surface area contributed by atoms with Crippen LogP contribution in [0.2, 0.25) is 5.02 Å². The van der Waals surface area contributed by atoms with Gasteiger partial charge >= 0.3 is 0 Å². The number of hydrogen-bond acceptors (Lipinski definition) is 6. The molecule has 7 nitrogen and oxygen atoms in total. The smallest absolute Gasteiger partial charge is 0.234 e. The number of fused-ring (bicyclic) bond motifs is 1. The zero-order valence-electron chi connectivity index (χ0n) is 13.4. The van der Waals surface area contributed by atoms with Crippen LogP contribution in [0.15, 0.2) is 47.6 Å². The molecule has 9 heteroatoms. The number of aromatic nitrogens is 3.